The van der Waals surface area contributed by atoms with Crippen LogP contribution in [0.15, 0.2) is 0 Å². The Morgan fingerprint density at radius 3 is 1.48 bits per heavy atom. The lowest BCUT2D eigenvalue weighted by Crippen LogP contribution is -2.64. The number of rotatable bonds is 7. The van der Waals surface area contributed by atoms with Crippen LogP contribution in [-0.4, -0.2) is 77.7 Å². The van der Waals surface area contributed by atoms with E-state index in [9.17, 15) is 64.8 Å². The first kappa shape index (κ1) is 26.1. The maximum Gasteiger partial charge on any atom is 0.480 e. The number of hydrogen-bond acceptors (Lipinski definition) is 7. The predicted molar refractivity (Wildman–Crippen MR) is 75.5 cm³/mol. The van der Waals surface area contributed by atoms with Gasteiger partial charge in [0.25, 0.3) is 10.0 Å². The van der Waals surface area contributed by atoms with Crippen LogP contribution < -0.4 is 5.32 Å². The zero-order valence-electron chi connectivity index (χ0n) is 13.3. The highest BCUT2D eigenvalue weighted by Gasteiger charge is 2.81. The molecule has 1 saturated heterocycles. The Bertz CT molecular complexity index is 938. The van der Waals surface area contributed by atoms with Gasteiger partial charge in [0, 0.05) is 26.2 Å². The molecule has 174 valence electrons. The molecule has 9 nitrogen and oxygen atoms in total. The summed E-state index contributed by atoms with van der Waals surface area (Å²) < 4.78 is 186. The SMILES string of the molecule is O=S(=O)([N-]S(=O)(=O)C(F)(F)C(F)(F)C(F)(F)S(=O)(=O)N1CCNCC1)C(F)(F)F. The van der Waals surface area contributed by atoms with E-state index in [0.29, 0.717) is 4.13 Å². The first-order valence-corrected chi connectivity index (χ1v) is 11.0. The highest BCUT2D eigenvalue weighted by atomic mass is 32.3. The van der Waals surface area contributed by atoms with Crippen LogP contribution in [0.3, 0.4) is 0 Å². The van der Waals surface area contributed by atoms with Gasteiger partial charge in [0.05, 0.1) is 0 Å². The van der Waals surface area contributed by atoms with Crippen LogP contribution in [0.5, 0.6) is 0 Å². The third-order valence-electron chi connectivity index (χ3n) is 3.28. The van der Waals surface area contributed by atoms with E-state index in [0.717, 1.165) is 0 Å². The van der Waals surface area contributed by atoms with Gasteiger partial charge >= 0.3 is 21.9 Å². The molecule has 1 aliphatic heterocycles. The average Bonchev–Trinajstić information content (AvgIpc) is 2.52. The van der Waals surface area contributed by atoms with Crippen molar-refractivity contribution in [2.24, 2.45) is 0 Å². The number of halogens is 9. The molecule has 0 unspecified atom stereocenters. The summed E-state index contributed by atoms with van der Waals surface area (Å²) >= 11 is 0. The molecule has 0 aromatic rings. The average molecular weight is 510 g/mol. The van der Waals surface area contributed by atoms with Crippen molar-refractivity contribution in [1.82, 2.24) is 9.62 Å². The van der Waals surface area contributed by atoms with E-state index >= 15 is 0 Å². The smallest absolute Gasteiger partial charge is 0.423 e. The van der Waals surface area contributed by atoms with Gasteiger partial charge in [-0.1, -0.05) is 0 Å². The number of nitrogens with zero attached hydrogens (tertiary/aromatic N) is 2. The molecule has 0 aromatic carbocycles. The molecular formula is C8H9F9N3O6S3-. The van der Waals surface area contributed by atoms with Crippen molar-refractivity contribution in [2.75, 3.05) is 26.2 Å². The highest BCUT2D eigenvalue weighted by molar-refractivity contribution is 8.13. The third kappa shape index (κ3) is 4.16. The predicted octanol–water partition coefficient (Wildman–Crippen LogP) is 0.595. The van der Waals surface area contributed by atoms with Crippen molar-refractivity contribution in [1.29, 1.82) is 0 Å². The van der Waals surface area contributed by atoms with Crippen LogP contribution in [0, 0.1) is 0 Å². The zero-order valence-corrected chi connectivity index (χ0v) is 15.7. The standard InChI is InChI=1S/C8H9F9N3O6S3/c9-5(10,7(13,14)29(25,26)20-3-1-18-2-4-20)6(11,12)27(21,22)19-28(23,24)8(15,16)17/h18H,1-4H2/q-1. The molecule has 0 atom stereocenters. The van der Waals surface area contributed by atoms with Crippen molar-refractivity contribution < 1.29 is 64.8 Å². The van der Waals surface area contributed by atoms with Crippen LogP contribution in [-0.2, 0) is 30.1 Å². The van der Waals surface area contributed by atoms with Gasteiger partial charge < -0.3 is 9.44 Å². The second-order valence-electron chi connectivity index (χ2n) is 5.23. The molecule has 21 heteroatoms. The van der Waals surface area contributed by atoms with Crippen LogP contribution in [0.1, 0.15) is 0 Å². The summed E-state index contributed by atoms with van der Waals surface area (Å²) in [7, 11) is -21.9. The van der Waals surface area contributed by atoms with E-state index in [1.54, 1.807) is 0 Å². The Labute approximate surface area is 157 Å². The number of alkyl halides is 9. The lowest BCUT2D eigenvalue weighted by atomic mass is 10.3. The van der Waals surface area contributed by atoms with Gasteiger partial charge in [0.1, 0.15) is 0 Å². The molecule has 0 aliphatic carbocycles. The first-order chi connectivity index (χ1) is 12.6. The minimum atomic E-state index is -7.87. The summed E-state index contributed by atoms with van der Waals surface area (Å²) in [5.41, 5.74) is -6.67. The van der Waals surface area contributed by atoms with Crippen molar-refractivity contribution >= 4 is 30.1 Å². The maximum absolute atomic E-state index is 13.9. The fourth-order valence-corrected chi connectivity index (χ4v) is 5.46. The summed E-state index contributed by atoms with van der Waals surface area (Å²) in [6.07, 6.45) is 0. The van der Waals surface area contributed by atoms with E-state index in [4.69, 9.17) is 0 Å². The molecule has 1 heterocycles. The van der Waals surface area contributed by atoms with Crippen LogP contribution in [0.2, 0.25) is 0 Å². The molecule has 0 bridgehead atoms. The molecule has 1 rings (SSSR count). The Morgan fingerprint density at radius 2 is 1.10 bits per heavy atom. The van der Waals surface area contributed by atoms with E-state index in [2.05, 4.69) is 5.32 Å². The first-order valence-electron chi connectivity index (χ1n) is 6.70. The van der Waals surface area contributed by atoms with Gasteiger partial charge in [0.2, 0.25) is 0 Å². The van der Waals surface area contributed by atoms with Gasteiger partial charge in [-0.25, -0.2) is 25.3 Å². The van der Waals surface area contributed by atoms with E-state index in [1.165, 1.54) is 0 Å². The number of piperazine rings is 1. The molecule has 0 aromatic heterocycles. The van der Waals surface area contributed by atoms with Crippen LogP contribution in [0.4, 0.5) is 39.5 Å². The summed E-state index contributed by atoms with van der Waals surface area (Å²) in [6, 6.07) is 0. The highest BCUT2D eigenvalue weighted by Crippen LogP contribution is 2.53. The van der Waals surface area contributed by atoms with Gasteiger partial charge in [0.15, 0.2) is 20.0 Å². The minimum absolute atomic E-state index is 0.380. The normalized spacial score (nSPS) is 19.3. The summed E-state index contributed by atoms with van der Waals surface area (Å²) in [5, 5.41) is -11.9. The molecule has 1 N–H and O–H groups in total. The third-order valence-corrected chi connectivity index (χ3v) is 8.29. The minimum Gasteiger partial charge on any atom is -0.423 e. The molecule has 0 spiro atoms. The monoisotopic (exact) mass is 510 g/mol. The second-order valence-corrected chi connectivity index (χ2v) is 10.7. The number of hydrogen-bond donors (Lipinski definition) is 1. The summed E-state index contributed by atoms with van der Waals surface area (Å²) in [4.78, 5) is 0. The Hall–Kier alpha value is -0.900. The Balaban J connectivity index is 3.47. The maximum atomic E-state index is 13.9. The topological polar surface area (TPSA) is 132 Å². The fourth-order valence-electron chi connectivity index (χ4n) is 1.76. The van der Waals surface area contributed by atoms with Gasteiger partial charge in [-0.2, -0.15) is 43.8 Å². The largest absolute Gasteiger partial charge is 0.480 e. The molecule has 1 aliphatic rings. The van der Waals surface area contributed by atoms with Crippen LogP contribution in [0.25, 0.3) is 4.13 Å². The van der Waals surface area contributed by atoms with E-state index in [-0.39, 0.29) is 17.4 Å². The Morgan fingerprint density at radius 1 is 0.690 bits per heavy atom. The van der Waals surface area contributed by atoms with E-state index in [1.807, 2.05) is 0 Å². The van der Waals surface area contributed by atoms with Crippen molar-refractivity contribution in [3.05, 3.63) is 4.13 Å². The molecule has 1 fully saturated rings. The molecular weight excluding hydrogens is 501 g/mol. The second kappa shape index (κ2) is 7.35. The lowest BCUT2D eigenvalue weighted by molar-refractivity contribution is -0.244. The summed E-state index contributed by atoms with van der Waals surface area (Å²) in [5.74, 6) is -7.42. The number of nitrogens with one attached hydrogen (secondary N) is 1. The van der Waals surface area contributed by atoms with Gasteiger partial charge in [-0.3, -0.25) is 0 Å². The fraction of sp³-hybridized carbons (Fsp3) is 1.00. The molecule has 0 saturated carbocycles. The quantitative estimate of drug-likeness (QED) is 0.496. The van der Waals surface area contributed by atoms with Crippen LogP contribution >= 0.6 is 0 Å². The number of sulfonamides is 3. The van der Waals surface area contributed by atoms with Crippen molar-refractivity contribution in [3.8, 4) is 0 Å². The Kier molecular flexibility index (Phi) is 6.63. The summed E-state index contributed by atoms with van der Waals surface area (Å²) in [6.45, 7) is -2.60. The molecule has 0 amide bonds. The lowest BCUT2D eigenvalue weighted by Gasteiger charge is -2.38. The zero-order chi connectivity index (χ0) is 23.3. The molecule has 29 heavy (non-hydrogen) atoms. The van der Waals surface area contributed by atoms with Crippen molar-refractivity contribution in [2.45, 2.75) is 21.9 Å². The molecule has 0 radical (unpaired) electrons. The van der Waals surface area contributed by atoms with Crippen molar-refractivity contribution in [3.63, 3.8) is 0 Å². The van der Waals surface area contributed by atoms with E-state index < -0.39 is 65.1 Å². The van der Waals surface area contributed by atoms with Gasteiger partial charge in [-0.15, -0.1) is 0 Å². The van der Waals surface area contributed by atoms with Gasteiger partial charge in [-0.05, 0) is 0 Å².